The first-order chi connectivity index (χ1) is 35.5. The molecule has 4 heterocycles. The summed E-state index contributed by atoms with van der Waals surface area (Å²) in [6, 6.07) is 82.5. The summed E-state index contributed by atoms with van der Waals surface area (Å²) in [5, 5.41) is 10.3. The van der Waals surface area contributed by atoms with E-state index in [-0.39, 0.29) is 0 Å². The highest BCUT2D eigenvalue weighted by Gasteiger charge is 2.18. The first kappa shape index (κ1) is 42.7. The molecule has 0 N–H and O–H groups in total. The molecule has 0 fully saturated rings. The third-order valence-corrected chi connectivity index (χ3v) is 14.3. The van der Waals surface area contributed by atoms with Gasteiger partial charge in [0.2, 0.25) is 0 Å². The Morgan fingerprint density at radius 2 is 0.653 bits per heavy atom. The number of hydrogen-bond donors (Lipinski definition) is 0. The maximum Gasteiger partial charge on any atom is 0.138 e. The van der Waals surface area contributed by atoms with Crippen LogP contribution in [0, 0.1) is 13.8 Å². The Balaban J connectivity index is 0.000000140. The van der Waals surface area contributed by atoms with Crippen LogP contribution in [0.2, 0.25) is 0 Å². The molecule has 0 atom stereocenters. The van der Waals surface area contributed by atoms with E-state index in [1.54, 1.807) is 0 Å². The van der Waals surface area contributed by atoms with E-state index in [0.717, 1.165) is 33.8 Å². The van der Waals surface area contributed by atoms with E-state index >= 15 is 0 Å². The molecule has 0 bridgehead atoms. The first-order valence-corrected chi connectivity index (χ1v) is 24.6. The number of benzene rings is 10. The summed E-state index contributed by atoms with van der Waals surface area (Å²) in [7, 11) is 0. The van der Waals surface area contributed by atoms with Crippen LogP contribution in [-0.2, 0) is 0 Å². The van der Waals surface area contributed by atoms with E-state index in [2.05, 4.69) is 247 Å². The highest BCUT2D eigenvalue weighted by atomic mass is 15.0. The fraction of sp³-hybridized carbons (Fsp3) is 0.0294. The summed E-state index contributed by atoms with van der Waals surface area (Å²) in [5.41, 5.74) is 18.6. The second-order valence-corrected chi connectivity index (χ2v) is 18.7. The van der Waals surface area contributed by atoms with E-state index in [1.165, 1.54) is 98.7 Å². The second kappa shape index (κ2) is 17.9. The molecular formula is C68H48N4. The molecule has 0 aliphatic heterocycles. The van der Waals surface area contributed by atoms with Gasteiger partial charge in [-0.2, -0.15) is 0 Å². The zero-order chi connectivity index (χ0) is 48.1. The minimum absolute atomic E-state index is 0.950. The zero-order valence-electron chi connectivity index (χ0n) is 40.0. The van der Waals surface area contributed by atoms with E-state index < -0.39 is 0 Å². The van der Waals surface area contributed by atoms with Crippen molar-refractivity contribution in [1.82, 2.24) is 18.8 Å². The Morgan fingerprint density at radius 3 is 1.12 bits per heavy atom. The summed E-state index contributed by atoms with van der Waals surface area (Å²) in [6.45, 7) is 4.36. The largest absolute Gasteiger partial charge is 0.306 e. The number of aromatic nitrogens is 4. The zero-order valence-corrected chi connectivity index (χ0v) is 40.0. The Labute approximate surface area is 418 Å². The minimum Gasteiger partial charge on any atom is -0.306 e. The monoisotopic (exact) mass is 920 g/mol. The highest BCUT2D eigenvalue weighted by Crippen LogP contribution is 2.44. The van der Waals surface area contributed by atoms with Gasteiger partial charge in [0.05, 0.1) is 11.4 Å². The molecule has 0 amide bonds. The number of pyridine rings is 2. The van der Waals surface area contributed by atoms with Crippen LogP contribution < -0.4 is 0 Å². The predicted molar refractivity (Wildman–Crippen MR) is 302 cm³/mol. The number of aryl methyl sites for hydroxylation is 2. The summed E-state index contributed by atoms with van der Waals surface area (Å²) >= 11 is 0. The summed E-state index contributed by atoms with van der Waals surface area (Å²) in [4.78, 5) is 9.75. The summed E-state index contributed by atoms with van der Waals surface area (Å²) in [6.07, 6.45) is 8.32. The van der Waals surface area contributed by atoms with Crippen LogP contribution in [0.3, 0.4) is 0 Å². The van der Waals surface area contributed by atoms with Crippen molar-refractivity contribution in [3.8, 4) is 67.0 Å². The number of nitrogens with zero attached hydrogens (tertiary/aromatic N) is 4. The van der Waals surface area contributed by atoms with Crippen molar-refractivity contribution >= 4 is 54.4 Å². The van der Waals surface area contributed by atoms with Crippen LogP contribution in [0.15, 0.2) is 255 Å². The molecule has 340 valence electrons. The van der Waals surface area contributed by atoms with Crippen LogP contribution in [0.4, 0.5) is 0 Å². The quantitative estimate of drug-likeness (QED) is 0.156. The molecule has 0 radical (unpaired) electrons. The third kappa shape index (κ3) is 7.58. The molecule has 10 aromatic carbocycles. The molecule has 4 nitrogen and oxygen atoms in total. The van der Waals surface area contributed by atoms with E-state index in [0.29, 0.717) is 0 Å². The van der Waals surface area contributed by atoms with Gasteiger partial charge in [0.1, 0.15) is 11.3 Å². The van der Waals surface area contributed by atoms with Gasteiger partial charge in [0, 0.05) is 35.9 Å². The van der Waals surface area contributed by atoms with Crippen molar-refractivity contribution < 1.29 is 0 Å². The molecule has 0 aliphatic carbocycles. The van der Waals surface area contributed by atoms with Gasteiger partial charge in [-0.1, -0.05) is 212 Å². The van der Waals surface area contributed by atoms with Crippen LogP contribution in [0.1, 0.15) is 11.1 Å². The van der Waals surface area contributed by atoms with Crippen molar-refractivity contribution in [1.29, 1.82) is 0 Å². The van der Waals surface area contributed by atoms with Gasteiger partial charge in [-0.05, 0) is 131 Å². The first-order valence-electron chi connectivity index (χ1n) is 24.6. The molecule has 0 aliphatic rings. The van der Waals surface area contributed by atoms with Crippen molar-refractivity contribution in [3.05, 3.63) is 266 Å². The van der Waals surface area contributed by atoms with Gasteiger partial charge in [0.25, 0.3) is 0 Å². The third-order valence-electron chi connectivity index (χ3n) is 14.3. The lowest BCUT2D eigenvalue weighted by Gasteiger charge is -2.18. The predicted octanol–water partition coefficient (Wildman–Crippen LogP) is 17.9. The topological polar surface area (TPSA) is 34.6 Å². The lowest BCUT2D eigenvalue weighted by Crippen LogP contribution is -1.91. The van der Waals surface area contributed by atoms with Crippen LogP contribution in [-0.4, -0.2) is 18.8 Å². The Bertz CT molecular complexity index is 4170. The van der Waals surface area contributed by atoms with Crippen molar-refractivity contribution in [2.24, 2.45) is 0 Å². The number of fused-ring (bicyclic) bond motifs is 6. The molecule has 4 aromatic heterocycles. The maximum absolute atomic E-state index is 4.95. The number of rotatable bonds is 6. The van der Waals surface area contributed by atoms with E-state index in [4.69, 9.17) is 9.97 Å². The molecule has 0 saturated carbocycles. The number of imidazole rings is 2. The van der Waals surface area contributed by atoms with Gasteiger partial charge >= 0.3 is 0 Å². The Hall–Kier alpha value is -9.38. The normalized spacial score (nSPS) is 11.5. The van der Waals surface area contributed by atoms with E-state index in [9.17, 15) is 0 Å². The average molecular weight is 921 g/mol. The van der Waals surface area contributed by atoms with Crippen molar-refractivity contribution in [2.45, 2.75) is 13.8 Å². The molecule has 0 unspecified atom stereocenters. The highest BCUT2D eigenvalue weighted by molar-refractivity contribution is 6.21. The van der Waals surface area contributed by atoms with Gasteiger partial charge in [-0.15, -0.1) is 0 Å². The van der Waals surface area contributed by atoms with Crippen molar-refractivity contribution in [2.75, 3.05) is 0 Å². The fourth-order valence-corrected chi connectivity index (χ4v) is 10.7. The van der Waals surface area contributed by atoms with Crippen LogP contribution in [0.5, 0.6) is 0 Å². The molecule has 4 heteroatoms. The molecular weight excluding hydrogens is 873 g/mol. The van der Waals surface area contributed by atoms with Crippen LogP contribution >= 0.6 is 0 Å². The standard InChI is InChI=1S/2C34H24N2/c1-23-13-15-25(16-14-23)33-27-8-2-4-10-29(27)34(30-11-5-3-9-28(30)33)26-19-17-24(18-20-26)31-22-36-21-7-6-12-32(36)35-31;1-23-28-11-5-7-13-30(28)34(31-14-8-6-12-29(23)31)26-17-15-25(16-18-26)32-22-36-20-19-27(21-33(36)35-32)24-9-3-2-4-10-24/h2*2-22H,1H3. The van der Waals surface area contributed by atoms with Gasteiger partial charge in [-0.3, -0.25) is 0 Å². The smallest absolute Gasteiger partial charge is 0.138 e. The molecule has 0 spiro atoms. The summed E-state index contributed by atoms with van der Waals surface area (Å²) < 4.78 is 4.16. The Kier molecular flexibility index (Phi) is 10.6. The summed E-state index contributed by atoms with van der Waals surface area (Å²) in [5.74, 6) is 0. The van der Waals surface area contributed by atoms with E-state index in [1.807, 2.05) is 30.5 Å². The minimum atomic E-state index is 0.950. The molecule has 72 heavy (non-hydrogen) atoms. The molecule has 14 rings (SSSR count). The number of hydrogen-bond acceptors (Lipinski definition) is 2. The Morgan fingerprint density at radius 1 is 0.278 bits per heavy atom. The molecule has 14 aromatic rings. The second-order valence-electron chi connectivity index (χ2n) is 18.7. The SMILES string of the molecule is Cc1c2ccccc2c(-c2ccc(-c3cn4ccc(-c5ccccc5)cc4n3)cc2)c2ccccc12.Cc1ccc(-c2c3ccccc3c(-c3ccc(-c4cn5ccccc5n4)cc3)c3ccccc23)cc1. The average Bonchev–Trinajstić information content (AvgIpc) is 4.09. The van der Waals surface area contributed by atoms with Gasteiger partial charge < -0.3 is 8.80 Å². The van der Waals surface area contributed by atoms with Crippen molar-refractivity contribution in [3.63, 3.8) is 0 Å². The molecule has 0 saturated heterocycles. The van der Waals surface area contributed by atoms with Gasteiger partial charge in [-0.25, -0.2) is 9.97 Å². The fourth-order valence-electron chi connectivity index (χ4n) is 10.7. The lowest BCUT2D eigenvalue weighted by atomic mass is 9.85. The maximum atomic E-state index is 4.95. The van der Waals surface area contributed by atoms with Gasteiger partial charge in [0.15, 0.2) is 0 Å². The van der Waals surface area contributed by atoms with Crippen LogP contribution in [0.25, 0.3) is 121 Å². The lowest BCUT2D eigenvalue weighted by molar-refractivity contribution is 1.19.